The third-order valence-electron chi connectivity index (χ3n) is 4.91. The highest BCUT2D eigenvalue weighted by Gasteiger charge is 2.45. The molecule has 2 fully saturated rings. The molecule has 1 N–H and O–H groups in total. The molecule has 0 spiro atoms. The van der Waals surface area contributed by atoms with Crippen molar-refractivity contribution in [2.75, 3.05) is 0 Å². The maximum atomic E-state index is 12.0. The van der Waals surface area contributed by atoms with Crippen molar-refractivity contribution in [1.29, 1.82) is 0 Å². The van der Waals surface area contributed by atoms with Gasteiger partial charge in [-0.2, -0.15) is 0 Å². The predicted octanol–water partition coefficient (Wildman–Crippen LogP) is 3.28. The normalized spacial score (nSPS) is 37.8. The first-order chi connectivity index (χ1) is 11.1. The molecule has 0 bridgehead atoms. The van der Waals surface area contributed by atoms with Gasteiger partial charge in [0.15, 0.2) is 6.29 Å². The first-order valence-corrected chi connectivity index (χ1v) is 9.28. The third kappa shape index (κ3) is 5.71. The van der Waals surface area contributed by atoms with E-state index in [0.29, 0.717) is 12.3 Å². The Morgan fingerprint density at radius 1 is 1.29 bits per heavy atom. The molecular formula is C19H34O5. The van der Waals surface area contributed by atoms with Crippen LogP contribution in [0, 0.1) is 17.8 Å². The molecule has 1 aliphatic heterocycles. The molecule has 5 heteroatoms. The molecule has 0 amide bonds. The van der Waals surface area contributed by atoms with Crippen molar-refractivity contribution in [3.63, 3.8) is 0 Å². The molecule has 1 saturated carbocycles. The minimum absolute atomic E-state index is 0.0619. The summed E-state index contributed by atoms with van der Waals surface area (Å²) in [4.78, 5) is 12.0. The maximum Gasteiger partial charge on any atom is 0.309 e. The van der Waals surface area contributed by atoms with Crippen LogP contribution in [0.15, 0.2) is 0 Å². The number of ether oxygens (including phenoxy) is 3. The Balaban J connectivity index is 1.67. The van der Waals surface area contributed by atoms with Gasteiger partial charge < -0.3 is 19.3 Å². The third-order valence-corrected chi connectivity index (χ3v) is 4.91. The zero-order valence-electron chi connectivity index (χ0n) is 16.0. The van der Waals surface area contributed by atoms with Crippen molar-refractivity contribution in [3.05, 3.63) is 0 Å². The van der Waals surface area contributed by atoms with Crippen LogP contribution in [0.3, 0.4) is 0 Å². The summed E-state index contributed by atoms with van der Waals surface area (Å²) in [6.45, 7) is 11.7. The van der Waals surface area contributed by atoms with Gasteiger partial charge in [0.2, 0.25) is 0 Å². The largest absolute Gasteiger partial charge is 0.460 e. The summed E-state index contributed by atoms with van der Waals surface area (Å²) in [6, 6.07) is 0. The molecule has 2 aliphatic rings. The monoisotopic (exact) mass is 342 g/mol. The zero-order valence-corrected chi connectivity index (χ0v) is 16.0. The number of carbonyl (C=O) groups excluding carboxylic acids is 1. The molecule has 1 heterocycles. The Morgan fingerprint density at radius 3 is 2.58 bits per heavy atom. The molecule has 1 saturated heterocycles. The number of rotatable bonds is 6. The number of aliphatic hydroxyl groups excluding tert-OH is 1. The summed E-state index contributed by atoms with van der Waals surface area (Å²) in [5.41, 5.74) is -0.406. The number of hydrogen-bond donors (Lipinski definition) is 1. The smallest absolute Gasteiger partial charge is 0.309 e. The van der Waals surface area contributed by atoms with Crippen molar-refractivity contribution in [3.8, 4) is 0 Å². The van der Waals surface area contributed by atoms with E-state index in [1.807, 2.05) is 34.6 Å². The molecule has 2 unspecified atom stereocenters. The van der Waals surface area contributed by atoms with E-state index in [0.717, 1.165) is 19.3 Å². The lowest BCUT2D eigenvalue weighted by Crippen LogP contribution is -2.44. The summed E-state index contributed by atoms with van der Waals surface area (Å²) in [5, 5.41) is 9.82. The van der Waals surface area contributed by atoms with Crippen LogP contribution in [-0.4, -0.2) is 41.3 Å². The number of carbonyl (C=O) groups is 1. The lowest BCUT2D eigenvalue weighted by molar-refractivity contribution is -0.255. The van der Waals surface area contributed by atoms with Crippen molar-refractivity contribution < 1.29 is 24.1 Å². The summed E-state index contributed by atoms with van der Waals surface area (Å²) in [7, 11) is 0. The second-order valence-corrected chi connectivity index (χ2v) is 8.65. The quantitative estimate of drug-likeness (QED) is 0.751. The zero-order chi connectivity index (χ0) is 18.1. The van der Waals surface area contributed by atoms with Crippen molar-refractivity contribution in [2.45, 2.75) is 97.4 Å². The van der Waals surface area contributed by atoms with Crippen molar-refractivity contribution >= 4 is 5.97 Å². The number of esters is 1. The second-order valence-electron chi connectivity index (χ2n) is 8.65. The lowest BCUT2D eigenvalue weighted by Gasteiger charge is -2.37. The maximum absolute atomic E-state index is 12.0. The van der Waals surface area contributed by atoms with Gasteiger partial charge in [-0.25, -0.2) is 0 Å². The molecule has 24 heavy (non-hydrogen) atoms. The Bertz CT molecular complexity index is 430. The van der Waals surface area contributed by atoms with Crippen LogP contribution in [0.2, 0.25) is 0 Å². The minimum Gasteiger partial charge on any atom is -0.460 e. The van der Waals surface area contributed by atoms with E-state index in [-0.39, 0.29) is 36.3 Å². The van der Waals surface area contributed by atoms with Gasteiger partial charge >= 0.3 is 5.97 Å². The highest BCUT2D eigenvalue weighted by atomic mass is 16.7. The van der Waals surface area contributed by atoms with Crippen LogP contribution in [-0.2, 0) is 19.0 Å². The van der Waals surface area contributed by atoms with Crippen LogP contribution in [0.4, 0.5) is 0 Å². The summed E-state index contributed by atoms with van der Waals surface area (Å²) >= 11 is 0. The van der Waals surface area contributed by atoms with Gasteiger partial charge in [-0.15, -0.1) is 0 Å². The topological polar surface area (TPSA) is 65.0 Å². The van der Waals surface area contributed by atoms with E-state index in [9.17, 15) is 9.90 Å². The van der Waals surface area contributed by atoms with Crippen LogP contribution < -0.4 is 0 Å². The van der Waals surface area contributed by atoms with E-state index in [2.05, 4.69) is 6.92 Å². The standard InChI is InChI=1S/C19H34O5/c1-11-9-16(20)13(3)23-18(11)22-12(2)7-8-14-10-15(14)17(21)24-19(4,5)6/h11-16,18,20H,7-10H2,1-6H3/t11-,12-,13+,14?,15?,16-,18-/m1/s1. The number of aliphatic hydroxyl groups is 1. The Kier molecular flexibility index (Phi) is 6.32. The second kappa shape index (κ2) is 7.71. The van der Waals surface area contributed by atoms with Gasteiger partial charge in [-0.1, -0.05) is 6.92 Å². The molecular weight excluding hydrogens is 308 g/mol. The Labute approximate surface area is 146 Å². The van der Waals surface area contributed by atoms with Gasteiger partial charge in [0.25, 0.3) is 0 Å². The summed E-state index contributed by atoms with van der Waals surface area (Å²) < 4.78 is 17.2. The highest BCUT2D eigenvalue weighted by molar-refractivity contribution is 5.76. The summed E-state index contributed by atoms with van der Waals surface area (Å²) in [6.07, 6.45) is 2.77. The van der Waals surface area contributed by atoms with Crippen molar-refractivity contribution in [2.24, 2.45) is 17.8 Å². The van der Waals surface area contributed by atoms with Gasteiger partial charge in [-0.3, -0.25) is 4.79 Å². The van der Waals surface area contributed by atoms with E-state index in [1.54, 1.807) is 0 Å². The first kappa shape index (κ1) is 19.7. The fraction of sp³-hybridized carbons (Fsp3) is 0.947. The molecule has 0 radical (unpaired) electrons. The van der Waals surface area contributed by atoms with E-state index in [4.69, 9.17) is 14.2 Å². The van der Waals surface area contributed by atoms with Crippen molar-refractivity contribution in [1.82, 2.24) is 0 Å². The van der Waals surface area contributed by atoms with Gasteiger partial charge in [-0.05, 0) is 66.2 Å². The minimum atomic E-state index is -0.406. The lowest BCUT2D eigenvalue weighted by atomic mass is 9.96. The van der Waals surface area contributed by atoms with Gasteiger partial charge in [0.05, 0.1) is 24.2 Å². The average Bonchev–Trinajstić information content (AvgIpc) is 3.20. The van der Waals surface area contributed by atoms with E-state index in [1.165, 1.54) is 0 Å². The average molecular weight is 342 g/mol. The number of hydrogen-bond acceptors (Lipinski definition) is 5. The Morgan fingerprint density at radius 2 is 1.96 bits per heavy atom. The Hall–Kier alpha value is -0.650. The fourth-order valence-electron chi connectivity index (χ4n) is 3.26. The van der Waals surface area contributed by atoms with E-state index < -0.39 is 11.7 Å². The molecule has 1 aliphatic carbocycles. The molecule has 0 aromatic carbocycles. The van der Waals surface area contributed by atoms with Crippen LogP contribution >= 0.6 is 0 Å². The first-order valence-electron chi connectivity index (χ1n) is 9.28. The molecule has 7 atom stereocenters. The highest BCUT2D eigenvalue weighted by Crippen LogP contribution is 2.44. The van der Waals surface area contributed by atoms with Crippen LogP contribution in [0.1, 0.15) is 67.2 Å². The molecule has 2 rings (SSSR count). The predicted molar refractivity (Wildman–Crippen MR) is 91.3 cm³/mol. The summed E-state index contributed by atoms with van der Waals surface area (Å²) in [5.74, 6) is 0.620. The van der Waals surface area contributed by atoms with E-state index >= 15 is 0 Å². The molecule has 140 valence electrons. The SMILES string of the molecule is C[C@H](CCC1CC1C(=O)OC(C)(C)C)O[C@@H]1O[C@@H](C)[C@H](O)C[C@H]1C. The van der Waals surface area contributed by atoms with Gasteiger partial charge in [0.1, 0.15) is 5.60 Å². The van der Waals surface area contributed by atoms with Crippen LogP contribution in [0.5, 0.6) is 0 Å². The van der Waals surface area contributed by atoms with Gasteiger partial charge in [0, 0.05) is 5.92 Å². The molecule has 0 aromatic rings. The fourth-order valence-corrected chi connectivity index (χ4v) is 3.26. The molecule has 0 aromatic heterocycles. The van der Waals surface area contributed by atoms with Crippen LogP contribution in [0.25, 0.3) is 0 Å². The molecule has 5 nitrogen and oxygen atoms in total.